The summed E-state index contributed by atoms with van der Waals surface area (Å²) in [4.78, 5) is 25.1. The Morgan fingerprint density at radius 1 is 1.04 bits per heavy atom. The number of aromatic nitrogens is 1. The van der Waals surface area contributed by atoms with E-state index in [1.807, 2.05) is 54.0 Å². The number of anilines is 1. The van der Waals surface area contributed by atoms with Crippen LogP contribution in [0.4, 0.5) is 5.69 Å². The monoisotopic (exact) mass is 366 g/mol. The number of pyridine rings is 1. The van der Waals surface area contributed by atoms with Crippen molar-refractivity contribution >= 4 is 23.2 Å². The fourth-order valence-corrected chi connectivity index (χ4v) is 3.05. The van der Waals surface area contributed by atoms with Gasteiger partial charge in [0.25, 0.3) is 5.91 Å². The summed E-state index contributed by atoms with van der Waals surface area (Å²) < 4.78 is 1.96. The molecular formula is C21H19ClN2O2. The molecular weight excluding hydrogens is 348 g/mol. The first-order valence-electron chi connectivity index (χ1n) is 8.27. The van der Waals surface area contributed by atoms with E-state index in [0.29, 0.717) is 22.9 Å². The number of hydrogen-bond acceptors (Lipinski definition) is 2. The highest BCUT2D eigenvalue weighted by atomic mass is 35.5. The maximum atomic E-state index is 12.7. The van der Waals surface area contributed by atoms with Crippen LogP contribution in [0.5, 0.6) is 0 Å². The van der Waals surface area contributed by atoms with Crippen LogP contribution < -0.4 is 10.7 Å². The lowest BCUT2D eigenvalue weighted by molar-refractivity contribution is 0.102. The first kappa shape index (κ1) is 18.0. The Bertz CT molecular complexity index is 993. The van der Waals surface area contributed by atoms with E-state index in [4.69, 9.17) is 11.6 Å². The van der Waals surface area contributed by atoms with Gasteiger partial charge >= 0.3 is 0 Å². The van der Waals surface area contributed by atoms with Crippen molar-refractivity contribution in [3.05, 3.63) is 98.4 Å². The number of rotatable bonds is 4. The van der Waals surface area contributed by atoms with Gasteiger partial charge in [-0.2, -0.15) is 0 Å². The van der Waals surface area contributed by atoms with Crippen LogP contribution in [-0.2, 0) is 6.54 Å². The fourth-order valence-electron chi connectivity index (χ4n) is 2.92. The first-order valence-corrected chi connectivity index (χ1v) is 8.65. The molecule has 26 heavy (non-hydrogen) atoms. The number of nitrogens with zero attached hydrogens (tertiary/aromatic N) is 1. The first-order chi connectivity index (χ1) is 12.5. The fraction of sp³-hybridized carbons (Fsp3) is 0.143. The topological polar surface area (TPSA) is 51.1 Å². The molecule has 0 atom stereocenters. The van der Waals surface area contributed by atoms with Gasteiger partial charge in [0, 0.05) is 34.7 Å². The van der Waals surface area contributed by atoms with Gasteiger partial charge in [0.1, 0.15) is 5.56 Å². The second kappa shape index (κ2) is 7.58. The Morgan fingerprint density at radius 2 is 1.69 bits per heavy atom. The molecule has 0 bridgehead atoms. The lowest BCUT2D eigenvalue weighted by Gasteiger charge is -2.18. The maximum Gasteiger partial charge on any atom is 0.261 e. The molecule has 1 aromatic heterocycles. The van der Waals surface area contributed by atoms with Crippen molar-refractivity contribution in [2.75, 3.05) is 5.32 Å². The molecule has 0 radical (unpaired) electrons. The molecule has 1 amide bonds. The van der Waals surface area contributed by atoms with E-state index in [9.17, 15) is 9.59 Å². The van der Waals surface area contributed by atoms with Crippen molar-refractivity contribution in [2.24, 2.45) is 0 Å². The van der Waals surface area contributed by atoms with E-state index in [0.717, 1.165) is 11.3 Å². The number of halogens is 1. The lowest BCUT2D eigenvalue weighted by Crippen LogP contribution is -2.27. The Kier molecular flexibility index (Phi) is 5.24. The molecule has 1 heterocycles. The predicted molar refractivity (Wildman–Crippen MR) is 105 cm³/mol. The highest BCUT2D eigenvalue weighted by Crippen LogP contribution is 2.15. The largest absolute Gasteiger partial charge is 0.344 e. The molecule has 0 aliphatic rings. The number of carbonyl (C=O) groups excluding carboxylic acids is 1. The second-order valence-corrected chi connectivity index (χ2v) is 6.58. The number of carbonyl (C=O) groups is 1. The van der Waals surface area contributed by atoms with Gasteiger partial charge < -0.3 is 9.88 Å². The van der Waals surface area contributed by atoms with E-state index in [-0.39, 0.29) is 11.0 Å². The number of benzene rings is 2. The minimum Gasteiger partial charge on any atom is -0.344 e. The minimum absolute atomic E-state index is 0.161. The molecule has 1 N–H and O–H groups in total. The average Bonchev–Trinajstić information content (AvgIpc) is 2.61. The van der Waals surface area contributed by atoms with E-state index < -0.39 is 5.91 Å². The molecule has 132 valence electrons. The van der Waals surface area contributed by atoms with Crippen LogP contribution in [0.1, 0.15) is 27.3 Å². The quantitative estimate of drug-likeness (QED) is 0.743. The van der Waals surface area contributed by atoms with E-state index >= 15 is 0 Å². The van der Waals surface area contributed by atoms with Crippen LogP contribution in [0.2, 0.25) is 5.02 Å². The SMILES string of the molecule is Cc1cc(=O)c(C(=O)Nc2ccccc2)c(C)n1Cc1ccc(Cl)cc1. The Labute approximate surface area is 157 Å². The molecule has 0 spiro atoms. The molecule has 0 fully saturated rings. The summed E-state index contributed by atoms with van der Waals surface area (Å²) in [6.45, 7) is 4.22. The molecule has 3 rings (SSSR count). The number of aryl methyl sites for hydroxylation is 1. The van der Waals surface area contributed by atoms with Crippen molar-refractivity contribution in [3.63, 3.8) is 0 Å². The Balaban J connectivity index is 1.97. The summed E-state index contributed by atoms with van der Waals surface area (Å²) in [7, 11) is 0. The van der Waals surface area contributed by atoms with Crippen LogP contribution in [-0.4, -0.2) is 10.5 Å². The summed E-state index contributed by atoms with van der Waals surface area (Å²) in [5.74, 6) is -0.399. The Morgan fingerprint density at radius 3 is 2.35 bits per heavy atom. The highest BCUT2D eigenvalue weighted by Gasteiger charge is 2.17. The van der Waals surface area contributed by atoms with Gasteiger partial charge in [-0.25, -0.2) is 0 Å². The third-order valence-electron chi connectivity index (χ3n) is 4.29. The summed E-state index contributed by atoms with van der Waals surface area (Å²) in [6, 6.07) is 18.1. The van der Waals surface area contributed by atoms with Crippen molar-refractivity contribution in [1.82, 2.24) is 4.57 Å². The summed E-state index contributed by atoms with van der Waals surface area (Å²) in [6.07, 6.45) is 0. The van der Waals surface area contributed by atoms with E-state index in [2.05, 4.69) is 5.32 Å². The van der Waals surface area contributed by atoms with Crippen molar-refractivity contribution in [2.45, 2.75) is 20.4 Å². The zero-order valence-electron chi connectivity index (χ0n) is 14.6. The molecule has 0 unspecified atom stereocenters. The summed E-state index contributed by atoms with van der Waals surface area (Å²) in [5, 5.41) is 3.46. The normalized spacial score (nSPS) is 10.6. The molecule has 0 aliphatic heterocycles. The molecule has 3 aromatic rings. The summed E-state index contributed by atoms with van der Waals surface area (Å²) >= 11 is 5.94. The highest BCUT2D eigenvalue weighted by molar-refractivity contribution is 6.30. The van der Waals surface area contributed by atoms with Gasteiger partial charge in [0.2, 0.25) is 0 Å². The third-order valence-corrected chi connectivity index (χ3v) is 4.54. The van der Waals surface area contributed by atoms with Crippen molar-refractivity contribution < 1.29 is 4.79 Å². The zero-order valence-corrected chi connectivity index (χ0v) is 15.4. The minimum atomic E-state index is -0.399. The van der Waals surface area contributed by atoms with Gasteiger partial charge in [0.05, 0.1) is 0 Å². The number of para-hydroxylation sites is 1. The molecule has 0 aliphatic carbocycles. The third kappa shape index (κ3) is 3.86. The van der Waals surface area contributed by atoms with Crippen molar-refractivity contribution in [1.29, 1.82) is 0 Å². The molecule has 0 saturated carbocycles. The maximum absolute atomic E-state index is 12.7. The van der Waals surface area contributed by atoms with Gasteiger partial charge in [-0.15, -0.1) is 0 Å². The second-order valence-electron chi connectivity index (χ2n) is 6.14. The van der Waals surface area contributed by atoms with Gasteiger partial charge in [-0.3, -0.25) is 9.59 Å². The van der Waals surface area contributed by atoms with E-state index in [1.54, 1.807) is 19.1 Å². The Hall–Kier alpha value is -2.85. The van der Waals surface area contributed by atoms with E-state index in [1.165, 1.54) is 6.07 Å². The van der Waals surface area contributed by atoms with Crippen molar-refractivity contribution in [3.8, 4) is 0 Å². The lowest BCUT2D eigenvalue weighted by atomic mass is 10.1. The van der Waals surface area contributed by atoms with Crippen LogP contribution in [0.15, 0.2) is 65.5 Å². The van der Waals surface area contributed by atoms with Crippen LogP contribution in [0.3, 0.4) is 0 Å². The molecule has 5 heteroatoms. The van der Waals surface area contributed by atoms with Gasteiger partial charge in [-0.1, -0.05) is 41.9 Å². The molecule has 0 saturated heterocycles. The standard InChI is InChI=1S/C21H19ClN2O2/c1-14-12-19(25)20(21(26)23-18-6-4-3-5-7-18)15(2)24(14)13-16-8-10-17(22)11-9-16/h3-12H,13H2,1-2H3,(H,23,26). The number of hydrogen-bond donors (Lipinski definition) is 1. The van der Waals surface area contributed by atoms with Crippen LogP contribution in [0, 0.1) is 13.8 Å². The average molecular weight is 367 g/mol. The van der Waals surface area contributed by atoms with Gasteiger partial charge in [-0.05, 0) is 43.7 Å². The number of amides is 1. The van der Waals surface area contributed by atoms with Crippen LogP contribution >= 0.6 is 11.6 Å². The predicted octanol–water partition coefficient (Wildman–Crippen LogP) is 4.42. The van der Waals surface area contributed by atoms with Gasteiger partial charge in [0.15, 0.2) is 5.43 Å². The molecule has 4 nitrogen and oxygen atoms in total. The number of nitrogens with one attached hydrogen (secondary N) is 1. The molecule has 2 aromatic carbocycles. The zero-order chi connectivity index (χ0) is 18.7. The van der Waals surface area contributed by atoms with Crippen LogP contribution in [0.25, 0.3) is 0 Å². The summed E-state index contributed by atoms with van der Waals surface area (Å²) in [5.41, 5.74) is 3.02. The smallest absolute Gasteiger partial charge is 0.261 e.